The van der Waals surface area contributed by atoms with Crippen molar-refractivity contribution in [3.8, 4) is 0 Å². The first-order chi connectivity index (χ1) is 8.79. The smallest absolute Gasteiger partial charge is 0.336 e. The number of hydrogen-bond acceptors (Lipinski definition) is 4. The minimum atomic E-state index is -1.51. The van der Waals surface area contributed by atoms with Gasteiger partial charge in [-0.1, -0.05) is 0 Å². The van der Waals surface area contributed by atoms with E-state index in [9.17, 15) is 19.2 Å². The number of primary amides is 1. The van der Waals surface area contributed by atoms with Crippen molar-refractivity contribution in [2.24, 2.45) is 5.73 Å². The minimum Gasteiger partial charge on any atom is -0.478 e. The monoisotopic (exact) mass is 266 g/mol. The Hall–Kier alpha value is -2.90. The lowest BCUT2D eigenvalue weighted by molar-refractivity contribution is 0.0688. The molecule has 1 rings (SSSR count). The molecular weight excluding hydrogens is 256 g/mol. The van der Waals surface area contributed by atoms with Gasteiger partial charge in [-0.2, -0.15) is 0 Å². The number of nitrogens with one attached hydrogen (secondary N) is 1. The van der Waals surface area contributed by atoms with Gasteiger partial charge >= 0.3 is 11.9 Å². The molecule has 100 valence electrons. The summed E-state index contributed by atoms with van der Waals surface area (Å²) in [5, 5.41) is 20.1. The lowest BCUT2D eigenvalue weighted by Crippen LogP contribution is -2.24. The number of carboxylic acid groups (broad SMARTS) is 2. The molecule has 8 nitrogen and oxygen atoms in total. The van der Waals surface area contributed by atoms with Gasteiger partial charge in [0.15, 0.2) is 0 Å². The third kappa shape index (κ3) is 2.68. The van der Waals surface area contributed by atoms with E-state index in [2.05, 4.69) is 5.32 Å². The zero-order chi connectivity index (χ0) is 14.7. The van der Waals surface area contributed by atoms with Crippen molar-refractivity contribution in [3.05, 3.63) is 34.4 Å². The lowest BCUT2D eigenvalue weighted by atomic mass is 9.97. The molecule has 0 unspecified atom stereocenters. The Labute approximate surface area is 106 Å². The average Bonchev–Trinajstić information content (AvgIpc) is 2.35. The molecule has 1 aromatic rings. The van der Waals surface area contributed by atoms with Crippen molar-refractivity contribution in [1.29, 1.82) is 0 Å². The second kappa shape index (κ2) is 5.17. The second-order valence-electron chi connectivity index (χ2n) is 3.50. The highest BCUT2D eigenvalue weighted by Crippen LogP contribution is 2.18. The summed E-state index contributed by atoms with van der Waals surface area (Å²) in [6, 6.07) is 1.59. The number of hydrogen-bond donors (Lipinski definition) is 4. The standard InChI is InChI=1S/C11H10N2O6/c1-13-9(15)5-2-4(8(12)14)6(10(16)17)3-7(5)11(18)19/h2-3H,1H3,(H2,12,14)(H,13,15)(H,16,17)(H,18,19). The van der Waals surface area contributed by atoms with E-state index in [1.807, 2.05) is 0 Å². The van der Waals surface area contributed by atoms with Gasteiger partial charge in [0, 0.05) is 7.05 Å². The van der Waals surface area contributed by atoms with Gasteiger partial charge in [0.1, 0.15) is 0 Å². The van der Waals surface area contributed by atoms with Crippen LogP contribution in [0.25, 0.3) is 0 Å². The molecule has 0 aliphatic carbocycles. The Kier molecular flexibility index (Phi) is 3.85. The molecule has 0 radical (unpaired) electrons. The Bertz CT molecular complexity index is 593. The van der Waals surface area contributed by atoms with Crippen molar-refractivity contribution < 1.29 is 29.4 Å². The maximum absolute atomic E-state index is 11.5. The van der Waals surface area contributed by atoms with Gasteiger partial charge in [-0.05, 0) is 12.1 Å². The van der Waals surface area contributed by atoms with E-state index in [0.29, 0.717) is 0 Å². The molecule has 1 aromatic carbocycles. The molecule has 0 aromatic heterocycles. The molecule has 19 heavy (non-hydrogen) atoms. The molecule has 0 aliphatic heterocycles. The van der Waals surface area contributed by atoms with E-state index >= 15 is 0 Å². The van der Waals surface area contributed by atoms with Crippen molar-refractivity contribution >= 4 is 23.8 Å². The first-order valence-corrected chi connectivity index (χ1v) is 4.96. The number of rotatable bonds is 4. The van der Waals surface area contributed by atoms with Crippen LogP contribution in [-0.2, 0) is 0 Å². The summed E-state index contributed by atoms with van der Waals surface area (Å²) in [4.78, 5) is 44.6. The average molecular weight is 266 g/mol. The van der Waals surface area contributed by atoms with E-state index in [0.717, 1.165) is 12.1 Å². The quantitative estimate of drug-likeness (QED) is 0.579. The molecule has 8 heteroatoms. The molecule has 2 amide bonds. The van der Waals surface area contributed by atoms with Gasteiger partial charge in [0.25, 0.3) is 5.91 Å². The summed E-state index contributed by atoms with van der Waals surface area (Å²) < 4.78 is 0. The van der Waals surface area contributed by atoms with Crippen LogP contribution in [-0.4, -0.2) is 41.0 Å². The van der Waals surface area contributed by atoms with Gasteiger partial charge in [-0.3, -0.25) is 9.59 Å². The van der Waals surface area contributed by atoms with Gasteiger partial charge in [0.05, 0.1) is 22.3 Å². The summed E-state index contributed by atoms with van der Waals surface area (Å²) in [6.45, 7) is 0. The Morgan fingerprint density at radius 1 is 0.947 bits per heavy atom. The van der Waals surface area contributed by atoms with E-state index in [-0.39, 0.29) is 5.56 Å². The molecule has 0 saturated heterocycles. The van der Waals surface area contributed by atoms with Crippen LogP contribution in [0.15, 0.2) is 12.1 Å². The highest BCUT2D eigenvalue weighted by Gasteiger charge is 2.23. The van der Waals surface area contributed by atoms with E-state index < -0.39 is 40.4 Å². The highest BCUT2D eigenvalue weighted by atomic mass is 16.4. The third-order valence-electron chi connectivity index (χ3n) is 2.36. The zero-order valence-electron chi connectivity index (χ0n) is 9.76. The molecule has 0 bridgehead atoms. The minimum absolute atomic E-state index is 0.339. The fraction of sp³-hybridized carbons (Fsp3) is 0.0909. The number of carboxylic acids is 2. The summed E-state index contributed by atoms with van der Waals surface area (Å²) in [6.07, 6.45) is 0. The van der Waals surface area contributed by atoms with Crippen molar-refractivity contribution in [3.63, 3.8) is 0 Å². The van der Waals surface area contributed by atoms with E-state index in [1.54, 1.807) is 0 Å². The van der Waals surface area contributed by atoms with Crippen LogP contribution in [0, 0.1) is 0 Å². The maximum atomic E-state index is 11.5. The Morgan fingerprint density at radius 3 is 1.74 bits per heavy atom. The molecule has 0 spiro atoms. The molecule has 0 fully saturated rings. The van der Waals surface area contributed by atoms with Gasteiger partial charge in [-0.15, -0.1) is 0 Å². The first-order valence-electron chi connectivity index (χ1n) is 4.96. The summed E-state index contributed by atoms with van der Waals surface area (Å²) in [7, 11) is 1.27. The highest BCUT2D eigenvalue weighted by molar-refractivity contribution is 6.11. The molecule has 0 heterocycles. The summed E-state index contributed by atoms with van der Waals surface area (Å²) in [5.74, 6) is -4.84. The molecule has 0 atom stereocenters. The number of aromatic carboxylic acids is 2. The molecule has 0 saturated carbocycles. The second-order valence-corrected chi connectivity index (χ2v) is 3.50. The lowest BCUT2D eigenvalue weighted by Gasteiger charge is -2.09. The SMILES string of the molecule is CNC(=O)c1cc(C(N)=O)c(C(=O)O)cc1C(=O)O. The normalized spacial score (nSPS) is 9.74. The van der Waals surface area contributed by atoms with E-state index in [1.165, 1.54) is 7.05 Å². The topological polar surface area (TPSA) is 147 Å². The van der Waals surface area contributed by atoms with Crippen LogP contribution >= 0.6 is 0 Å². The van der Waals surface area contributed by atoms with Crippen LogP contribution in [0.3, 0.4) is 0 Å². The number of amides is 2. The summed E-state index contributed by atoms with van der Waals surface area (Å²) >= 11 is 0. The predicted octanol–water partition coefficient (Wildman–Crippen LogP) is -0.458. The zero-order valence-corrected chi connectivity index (χ0v) is 9.76. The number of benzene rings is 1. The van der Waals surface area contributed by atoms with Gasteiger partial charge in [0.2, 0.25) is 5.91 Å². The van der Waals surface area contributed by atoms with Crippen molar-refractivity contribution in [1.82, 2.24) is 5.32 Å². The van der Waals surface area contributed by atoms with Crippen LogP contribution in [0.5, 0.6) is 0 Å². The van der Waals surface area contributed by atoms with E-state index in [4.69, 9.17) is 15.9 Å². The predicted molar refractivity (Wildman–Crippen MR) is 62.3 cm³/mol. The molecule has 0 aliphatic rings. The molecule has 5 N–H and O–H groups in total. The number of carbonyl (C=O) groups excluding carboxylic acids is 2. The Balaban J connectivity index is 3.69. The van der Waals surface area contributed by atoms with Crippen LogP contribution < -0.4 is 11.1 Å². The fourth-order valence-electron chi connectivity index (χ4n) is 1.48. The number of nitrogens with two attached hydrogens (primary N) is 1. The van der Waals surface area contributed by atoms with Crippen LogP contribution in [0.1, 0.15) is 41.4 Å². The van der Waals surface area contributed by atoms with Crippen LogP contribution in [0.2, 0.25) is 0 Å². The third-order valence-corrected chi connectivity index (χ3v) is 2.36. The summed E-state index contributed by atoms with van der Waals surface area (Å²) in [5.41, 5.74) is 3.14. The fourth-order valence-corrected chi connectivity index (χ4v) is 1.48. The maximum Gasteiger partial charge on any atom is 0.336 e. The molecular formula is C11H10N2O6. The number of carbonyl (C=O) groups is 4. The van der Waals surface area contributed by atoms with Crippen LogP contribution in [0.4, 0.5) is 0 Å². The Morgan fingerprint density at radius 2 is 1.37 bits per heavy atom. The van der Waals surface area contributed by atoms with Crippen molar-refractivity contribution in [2.45, 2.75) is 0 Å². The van der Waals surface area contributed by atoms with Gasteiger partial charge in [-0.25, -0.2) is 9.59 Å². The van der Waals surface area contributed by atoms with Crippen molar-refractivity contribution in [2.75, 3.05) is 7.05 Å². The van der Waals surface area contributed by atoms with Gasteiger partial charge < -0.3 is 21.3 Å². The first kappa shape index (κ1) is 14.2. The largest absolute Gasteiger partial charge is 0.478 e.